The van der Waals surface area contributed by atoms with Crippen LogP contribution in [0, 0.1) is 25.6 Å². The first-order valence-corrected chi connectivity index (χ1v) is 9.75. The molecular weight excluding hydrogens is 355 g/mol. The lowest BCUT2D eigenvalue weighted by atomic mass is 10.0. The molecule has 0 saturated heterocycles. The van der Waals surface area contributed by atoms with E-state index in [1.165, 1.54) is 24.3 Å². The second-order valence-electron chi connectivity index (χ2n) is 6.56. The first-order valence-electron chi connectivity index (χ1n) is 8.27. The van der Waals surface area contributed by atoms with Gasteiger partial charge < -0.3 is 5.32 Å². The predicted molar refractivity (Wildman–Crippen MR) is 99.9 cm³/mol. The average molecular weight is 378 g/mol. The molecule has 5 nitrogen and oxygen atoms in total. The Hall–Kier alpha value is -2.25. The molecule has 2 rings (SSSR count). The lowest BCUT2D eigenvalue weighted by Gasteiger charge is -2.22. The monoisotopic (exact) mass is 378 g/mol. The van der Waals surface area contributed by atoms with Crippen molar-refractivity contribution >= 4 is 21.6 Å². The number of anilines is 1. The van der Waals surface area contributed by atoms with Crippen LogP contribution >= 0.6 is 0 Å². The molecule has 0 aliphatic carbocycles. The van der Waals surface area contributed by atoms with E-state index in [0.717, 1.165) is 5.56 Å². The number of carbonyl (C=O) groups is 1. The third-order valence-corrected chi connectivity index (χ3v) is 5.55. The van der Waals surface area contributed by atoms with Gasteiger partial charge in [-0.25, -0.2) is 12.8 Å². The first-order chi connectivity index (χ1) is 12.1. The van der Waals surface area contributed by atoms with Crippen molar-refractivity contribution in [2.45, 2.75) is 38.6 Å². The molecule has 2 N–H and O–H groups in total. The number of sulfonamides is 1. The van der Waals surface area contributed by atoms with Crippen LogP contribution in [0.4, 0.5) is 10.1 Å². The van der Waals surface area contributed by atoms with Gasteiger partial charge in [-0.05, 0) is 44.0 Å². The maximum atomic E-state index is 13.7. The molecule has 7 heteroatoms. The minimum Gasteiger partial charge on any atom is -0.324 e. The maximum Gasteiger partial charge on any atom is 0.242 e. The van der Waals surface area contributed by atoms with Crippen molar-refractivity contribution in [3.05, 3.63) is 59.4 Å². The third-order valence-electron chi connectivity index (χ3n) is 4.09. The number of hydrogen-bond donors (Lipinski definition) is 2. The lowest BCUT2D eigenvalue weighted by Crippen LogP contribution is -2.47. The summed E-state index contributed by atoms with van der Waals surface area (Å²) in [5, 5.41) is 2.61. The fourth-order valence-electron chi connectivity index (χ4n) is 2.40. The van der Waals surface area contributed by atoms with Gasteiger partial charge in [0.2, 0.25) is 15.9 Å². The van der Waals surface area contributed by atoms with Crippen molar-refractivity contribution in [1.82, 2.24) is 4.72 Å². The van der Waals surface area contributed by atoms with Crippen LogP contribution in [0.3, 0.4) is 0 Å². The molecule has 0 unspecified atom stereocenters. The number of carbonyl (C=O) groups excluding carboxylic acids is 1. The lowest BCUT2D eigenvalue weighted by molar-refractivity contribution is -0.118. The summed E-state index contributed by atoms with van der Waals surface area (Å²) in [4.78, 5) is 12.7. The summed E-state index contributed by atoms with van der Waals surface area (Å²) < 4.78 is 41.3. The Labute approximate surface area is 153 Å². The van der Waals surface area contributed by atoms with E-state index < -0.39 is 27.8 Å². The average Bonchev–Trinajstić information content (AvgIpc) is 2.57. The third kappa shape index (κ3) is 4.68. The summed E-state index contributed by atoms with van der Waals surface area (Å²) in [6, 6.07) is 9.72. The highest BCUT2D eigenvalue weighted by Crippen LogP contribution is 2.19. The number of nitrogens with one attached hydrogen (secondary N) is 2. The minimum atomic E-state index is -3.86. The molecule has 1 atom stereocenters. The van der Waals surface area contributed by atoms with Crippen molar-refractivity contribution in [2.75, 3.05) is 5.32 Å². The highest BCUT2D eigenvalue weighted by atomic mass is 32.2. The minimum absolute atomic E-state index is 0.0866. The van der Waals surface area contributed by atoms with Crippen LogP contribution in [-0.2, 0) is 14.8 Å². The van der Waals surface area contributed by atoms with Crippen LogP contribution < -0.4 is 10.0 Å². The molecule has 0 heterocycles. The zero-order valence-corrected chi connectivity index (χ0v) is 16.0. The van der Waals surface area contributed by atoms with Crippen LogP contribution in [0.2, 0.25) is 0 Å². The van der Waals surface area contributed by atoms with E-state index in [1.807, 2.05) is 6.92 Å². The molecule has 0 radical (unpaired) electrons. The second-order valence-corrected chi connectivity index (χ2v) is 8.27. The highest BCUT2D eigenvalue weighted by Gasteiger charge is 2.28. The Morgan fingerprint density at radius 1 is 1.04 bits per heavy atom. The van der Waals surface area contributed by atoms with E-state index in [2.05, 4.69) is 10.0 Å². The van der Waals surface area contributed by atoms with Crippen molar-refractivity contribution < 1.29 is 17.6 Å². The van der Waals surface area contributed by atoms with Crippen molar-refractivity contribution in [1.29, 1.82) is 0 Å². The number of hydrogen-bond acceptors (Lipinski definition) is 3. The van der Waals surface area contributed by atoms with Gasteiger partial charge in [0.05, 0.1) is 4.90 Å². The van der Waals surface area contributed by atoms with Crippen molar-refractivity contribution in [3.8, 4) is 0 Å². The Morgan fingerprint density at radius 3 is 2.23 bits per heavy atom. The van der Waals surface area contributed by atoms with E-state index in [1.54, 1.807) is 39.0 Å². The summed E-state index contributed by atoms with van der Waals surface area (Å²) in [6.07, 6.45) is 0. The number of aryl methyl sites for hydroxylation is 1. The predicted octanol–water partition coefficient (Wildman–Crippen LogP) is 3.38. The molecule has 0 aliphatic rings. The van der Waals surface area contributed by atoms with Crippen molar-refractivity contribution in [3.63, 3.8) is 0 Å². The normalized spacial score (nSPS) is 12.8. The first kappa shape index (κ1) is 20.1. The smallest absolute Gasteiger partial charge is 0.242 e. The standard InChI is InChI=1S/C19H23FN2O3S/c1-12(2)18(19(23)21-17-7-5-6-16(20)14(17)4)22-26(24,25)15-10-8-13(3)9-11-15/h5-12,18,22H,1-4H3,(H,21,23)/t18-/m0/s1. The molecule has 2 aromatic rings. The van der Waals surface area contributed by atoms with Gasteiger partial charge in [-0.15, -0.1) is 0 Å². The van der Waals surface area contributed by atoms with E-state index in [9.17, 15) is 17.6 Å². The van der Waals surface area contributed by atoms with Crippen LogP contribution in [0.15, 0.2) is 47.4 Å². The van der Waals surface area contributed by atoms with Gasteiger partial charge in [-0.3, -0.25) is 4.79 Å². The van der Waals surface area contributed by atoms with Crippen LogP contribution in [0.1, 0.15) is 25.0 Å². The van der Waals surface area contributed by atoms with Gasteiger partial charge in [-0.2, -0.15) is 4.72 Å². The summed E-state index contributed by atoms with van der Waals surface area (Å²) >= 11 is 0. The number of amides is 1. The van der Waals surface area contributed by atoms with Crippen LogP contribution in [0.5, 0.6) is 0 Å². The number of rotatable bonds is 6. The summed E-state index contributed by atoms with van der Waals surface area (Å²) in [6.45, 7) is 6.88. The van der Waals surface area contributed by atoms with Gasteiger partial charge in [0.15, 0.2) is 0 Å². The molecule has 140 valence electrons. The highest BCUT2D eigenvalue weighted by molar-refractivity contribution is 7.89. The van der Waals surface area contributed by atoms with Gasteiger partial charge >= 0.3 is 0 Å². The molecule has 1 amide bonds. The molecule has 0 bridgehead atoms. The van der Waals surface area contributed by atoms with Gasteiger partial charge in [0.1, 0.15) is 11.9 Å². The molecular formula is C19H23FN2O3S. The Bertz CT molecular complexity index is 894. The fraction of sp³-hybridized carbons (Fsp3) is 0.316. The topological polar surface area (TPSA) is 75.3 Å². The summed E-state index contributed by atoms with van der Waals surface area (Å²) in [5.74, 6) is -1.28. The Morgan fingerprint density at radius 2 is 1.65 bits per heavy atom. The molecule has 26 heavy (non-hydrogen) atoms. The van der Waals surface area contributed by atoms with Gasteiger partial charge in [0, 0.05) is 11.3 Å². The molecule has 0 aromatic heterocycles. The molecule has 0 aliphatic heterocycles. The zero-order valence-electron chi connectivity index (χ0n) is 15.2. The molecule has 0 saturated carbocycles. The van der Waals surface area contributed by atoms with Crippen LogP contribution in [0.25, 0.3) is 0 Å². The summed E-state index contributed by atoms with van der Waals surface area (Å²) in [5.41, 5.74) is 1.55. The quantitative estimate of drug-likeness (QED) is 0.809. The molecule has 2 aromatic carbocycles. The summed E-state index contributed by atoms with van der Waals surface area (Å²) in [7, 11) is -3.86. The Balaban J connectivity index is 2.24. The van der Waals surface area contributed by atoms with Crippen LogP contribution in [-0.4, -0.2) is 20.4 Å². The second kappa shape index (κ2) is 7.97. The van der Waals surface area contributed by atoms with E-state index in [0.29, 0.717) is 11.3 Å². The SMILES string of the molecule is Cc1ccc(S(=O)(=O)N[C@H](C(=O)Nc2cccc(F)c2C)C(C)C)cc1. The van der Waals surface area contributed by atoms with E-state index in [-0.39, 0.29) is 10.8 Å². The van der Waals surface area contributed by atoms with Gasteiger partial charge in [0.25, 0.3) is 0 Å². The number of halogens is 1. The molecule has 0 spiro atoms. The number of benzene rings is 2. The maximum absolute atomic E-state index is 13.7. The van der Waals surface area contributed by atoms with E-state index >= 15 is 0 Å². The fourth-order valence-corrected chi connectivity index (χ4v) is 3.74. The van der Waals surface area contributed by atoms with Gasteiger partial charge in [-0.1, -0.05) is 37.6 Å². The zero-order chi connectivity index (χ0) is 19.5. The molecule has 0 fully saturated rings. The Kier molecular flexibility index (Phi) is 6.15. The van der Waals surface area contributed by atoms with E-state index in [4.69, 9.17) is 0 Å². The van der Waals surface area contributed by atoms with Crippen molar-refractivity contribution in [2.24, 2.45) is 5.92 Å². The largest absolute Gasteiger partial charge is 0.324 e.